The summed E-state index contributed by atoms with van der Waals surface area (Å²) in [5.74, 6) is 1.82. The lowest BCUT2D eigenvalue weighted by Crippen LogP contribution is -2.40. The number of hydrogen-bond acceptors (Lipinski definition) is 10. The molecule has 3 heterocycles. The maximum Gasteiger partial charge on any atom is 0.351 e. The molecule has 3 aromatic carbocycles. The Balaban J connectivity index is 1.39. The Hall–Kier alpha value is -4.94. The fraction of sp³-hybridized carbons (Fsp3) is 0.257. The van der Waals surface area contributed by atoms with Crippen LogP contribution < -0.4 is 20.9 Å². The van der Waals surface area contributed by atoms with Crippen molar-refractivity contribution in [3.05, 3.63) is 131 Å². The SMILES string of the molecule is COc1ccc(C(OC[C@H]2O[C@@H](n3cc(-c4ccco4)c(N)nc3=O)C(OC)[C@H]2O)(c2ccccc2)c2ccc(OC)cc2)cc1. The van der Waals surface area contributed by atoms with Crippen molar-refractivity contribution in [1.29, 1.82) is 0 Å². The largest absolute Gasteiger partial charge is 0.497 e. The second kappa shape index (κ2) is 13.2. The van der Waals surface area contributed by atoms with Gasteiger partial charge in [-0.05, 0) is 53.1 Å². The molecule has 3 N–H and O–H groups in total. The molecule has 46 heavy (non-hydrogen) atoms. The zero-order valence-corrected chi connectivity index (χ0v) is 25.6. The van der Waals surface area contributed by atoms with Gasteiger partial charge in [0.1, 0.15) is 47.0 Å². The zero-order valence-electron chi connectivity index (χ0n) is 25.6. The van der Waals surface area contributed by atoms with Crippen LogP contribution in [0.4, 0.5) is 5.82 Å². The molecule has 238 valence electrons. The van der Waals surface area contributed by atoms with E-state index in [1.165, 1.54) is 24.1 Å². The Labute approximate surface area is 265 Å². The second-order valence-electron chi connectivity index (χ2n) is 10.8. The first-order chi connectivity index (χ1) is 22.4. The third-order valence-corrected chi connectivity index (χ3v) is 8.26. The molecular weight excluding hydrogens is 590 g/mol. The van der Waals surface area contributed by atoms with Gasteiger partial charge in [-0.15, -0.1) is 0 Å². The summed E-state index contributed by atoms with van der Waals surface area (Å²) >= 11 is 0. The summed E-state index contributed by atoms with van der Waals surface area (Å²) in [4.78, 5) is 17.1. The molecule has 0 saturated carbocycles. The van der Waals surface area contributed by atoms with Crippen LogP contribution in [0, 0.1) is 0 Å². The molecule has 5 aromatic rings. The minimum atomic E-state index is -1.16. The minimum Gasteiger partial charge on any atom is -0.497 e. The highest BCUT2D eigenvalue weighted by Gasteiger charge is 2.48. The Kier molecular flexibility index (Phi) is 8.91. The number of nitrogens with zero attached hydrogens (tertiary/aromatic N) is 2. The molecule has 11 nitrogen and oxygen atoms in total. The Morgan fingerprint density at radius 2 is 1.48 bits per heavy atom. The summed E-state index contributed by atoms with van der Waals surface area (Å²) in [6, 6.07) is 28.4. The van der Waals surface area contributed by atoms with Gasteiger partial charge in [0.2, 0.25) is 0 Å². The Bertz CT molecular complexity index is 1740. The van der Waals surface area contributed by atoms with Crippen molar-refractivity contribution >= 4 is 5.82 Å². The molecule has 1 aliphatic rings. The van der Waals surface area contributed by atoms with Crippen LogP contribution in [0.2, 0.25) is 0 Å². The smallest absolute Gasteiger partial charge is 0.351 e. The van der Waals surface area contributed by atoms with E-state index in [1.54, 1.807) is 26.4 Å². The van der Waals surface area contributed by atoms with Crippen molar-refractivity contribution in [2.45, 2.75) is 30.1 Å². The lowest BCUT2D eigenvalue weighted by molar-refractivity contribution is -0.0966. The maximum atomic E-state index is 13.1. The number of nitrogen functional groups attached to an aromatic ring is 1. The number of ether oxygens (including phenoxy) is 5. The molecule has 1 saturated heterocycles. The van der Waals surface area contributed by atoms with Crippen LogP contribution in [0.25, 0.3) is 11.3 Å². The standard InChI is InChI=1S/C35H35N3O8/c1-41-25-15-11-23(12-16-25)35(22-8-5-4-6-9-22,24-13-17-26(42-2)18-14-24)45-21-29-30(39)31(43-3)33(46-29)38-20-27(28-10-7-19-44-28)32(36)37-34(38)40/h4-20,29-31,33,39H,21H2,1-3H3,(H2,36,37,40)/t29-,30+,31?,33-/m1/s1. The number of rotatable bonds is 11. The number of aromatic nitrogens is 2. The Morgan fingerprint density at radius 3 is 2.02 bits per heavy atom. The maximum absolute atomic E-state index is 13.1. The molecule has 2 aromatic heterocycles. The van der Waals surface area contributed by atoms with Crippen LogP contribution in [0.5, 0.6) is 11.5 Å². The predicted molar refractivity (Wildman–Crippen MR) is 170 cm³/mol. The number of anilines is 1. The van der Waals surface area contributed by atoms with Gasteiger partial charge in [-0.2, -0.15) is 4.98 Å². The van der Waals surface area contributed by atoms with Crippen molar-refractivity contribution in [2.24, 2.45) is 0 Å². The number of methoxy groups -OCH3 is 3. The fourth-order valence-electron chi connectivity index (χ4n) is 5.90. The van der Waals surface area contributed by atoms with Crippen LogP contribution in [-0.2, 0) is 19.8 Å². The number of hydrogen-bond donors (Lipinski definition) is 2. The summed E-state index contributed by atoms with van der Waals surface area (Å²) in [6.07, 6.45) is -1.02. The summed E-state index contributed by atoms with van der Waals surface area (Å²) in [7, 11) is 4.67. The number of aliphatic hydroxyl groups excluding tert-OH is 1. The zero-order chi connectivity index (χ0) is 32.3. The monoisotopic (exact) mass is 625 g/mol. The van der Waals surface area contributed by atoms with Crippen molar-refractivity contribution in [3.63, 3.8) is 0 Å². The van der Waals surface area contributed by atoms with E-state index in [-0.39, 0.29) is 12.4 Å². The summed E-state index contributed by atoms with van der Waals surface area (Å²) < 4.78 is 36.6. The molecule has 0 spiro atoms. The van der Waals surface area contributed by atoms with Crippen molar-refractivity contribution in [2.75, 3.05) is 33.7 Å². The molecule has 6 rings (SSSR count). The molecule has 0 radical (unpaired) electrons. The highest BCUT2D eigenvalue weighted by atomic mass is 16.6. The quantitative estimate of drug-likeness (QED) is 0.203. The van der Waals surface area contributed by atoms with Gasteiger partial charge in [0.25, 0.3) is 0 Å². The number of aliphatic hydroxyl groups is 1. The average Bonchev–Trinajstić information content (AvgIpc) is 3.74. The average molecular weight is 626 g/mol. The molecule has 0 amide bonds. The summed E-state index contributed by atoms with van der Waals surface area (Å²) in [6.45, 7) is -0.0767. The summed E-state index contributed by atoms with van der Waals surface area (Å²) in [5, 5.41) is 11.5. The van der Waals surface area contributed by atoms with Gasteiger partial charge in [-0.3, -0.25) is 4.57 Å². The van der Waals surface area contributed by atoms with Crippen LogP contribution in [0.3, 0.4) is 0 Å². The third-order valence-electron chi connectivity index (χ3n) is 8.26. The van der Waals surface area contributed by atoms with E-state index >= 15 is 0 Å². The highest BCUT2D eigenvalue weighted by Crippen LogP contribution is 2.43. The second-order valence-corrected chi connectivity index (χ2v) is 10.8. The van der Waals surface area contributed by atoms with Gasteiger partial charge in [0.15, 0.2) is 6.23 Å². The van der Waals surface area contributed by atoms with Crippen LogP contribution in [0.15, 0.2) is 113 Å². The number of nitrogens with two attached hydrogens (primary N) is 1. The van der Waals surface area contributed by atoms with Crippen molar-refractivity contribution in [1.82, 2.24) is 9.55 Å². The molecule has 0 bridgehead atoms. The highest BCUT2D eigenvalue weighted by molar-refractivity contribution is 5.68. The predicted octanol–water partition coefficient (Wildman–Crippen LogP) is 4.38. The van der Waals surface area contributed by atoms with Crippen LogP contribution in [0.1, 0.15) is 22.9 Å². The summed E-state index contributed by atoms with van der Waals surface area (Å²) in [5.41, 5.74) is 7.14. The molecule has 11 heteroatoms. The molecule has 1 fully saturated rings. The van der Waals surface area contributed by atoms with E-state index in [0.717, 1.165) is 16.7 Å². The van der Waals surface area contributed by atoms with E-state index in [1.807, 2.05) is 78.9 Å². The molecule has 4 atom stereocenters. The Morgan fingerprint density at radius 1 is 0.870 bits per heavy atom. The van der Waals surface area contributed by atoms with Crippen molar-refractivity contribution in [3.8, 4) is 22.8 Å². The van der Waals surface area contributed by atoms with Crippen molar-refractivity contribution < 1.29 is 33.2 Å². The molecule has 0 aliphatic carbocycles. The van der Waals surface area contributed by atoms with E-state index in [9.17, 15) is 9.90 Å². The van der Waals surface area contributed by atoms with Crippen LogP contribution >= 0.6 is 0 Å². The van der Waals surface area contributed by atoms with E-state index in [4.69, 9.17) is 33.8 Å². The minimum absolute atomic E-state index is 0.00947. The van der Waals surface area contributed by atoms with E-state index in [0.29, 0.717) is 22.8 Å². The van der Waals surface area contributed by atoms with Crippen LogP contribution in [-0.4, -0.2) is 60.9 Å². The number of benzene rings is 3. The molecule has 1 aliphatic heterocycles. The van der Waals surface area contributed by atoms with Gasteiger partial charge in [0, 0.05) is 13.3 Å². The lowest BCUT2D eigenvalue weighted by Gasteiger charge is -2.37. The molecule has 1 unspecified atom stereocenters. The van der Waals surface area contributed by atoms with Gasteiger partial charge >= 0.3 is 5.69 Å². The van der Waals surface area contributed by atoms with Gasteiger partial charge < -0.3 is 38.9 Å². The first kappa shape index (κ1) is 31.1. The first-order valence-electron chi connectivity index (χ1n) is 14.7. The van der Waals surface area contributed by atoms with Gasteiger partial charge in [-0.25, -0.2) is 4.79 Å². The number of furan rings is 1. The van der Waals surface area contributed by atoms with E-state index in [2.05, 4.69) is 4.98 Å². The van der Waals surface area contributed by atoms with Gasteiger partial charge in [-0.1, -0.05) is 54.6 Å². The van der Waals surface area contributed by atoms with E-state index < -0.39 is 35.8 Å². The fourth-order valence-corrected chi connectivity index (χ4v) is 5.90. The first-order valence-corrected chi connectivity index (χ1v) is 14.7. The lowest BCUT2D eigenvalue weighted by atomic mass is 9.80. The normalized spacial score (nSPS) is 19.7. The third kappa shape index (κ3) is 5.65. The van der Waals surface area contributed by atoms with Gasteiger partial charge in [0.05, 0.1) is 32.7 Å². The topological polar surface area (TPSA) is 140 Å². The molecular formula is C35H35N3O8.